The molecule has 0 N–H and O–H groups in total. The maximum atomic E-state index is 11.7. The zero-order valence-electron chi connectivity index (χ0n) is 10.2. The van der Waals surface area contributed by atoms with Gasteiger partial charge in [-0.3, -0.25) is 4.79 Å². The van der Waals surface area contributed by atoms with Gasteiger partial charge in [-0.05, 0) is 30.0 Å². The molecule has 0 spiro atoms. The summed E-state index contributed by atoms with van der Waals surface area (Å²) in [4.78, 5) is 15.9. The van der Waals surface area contributed by atoms with Gasteiger partial charge in [-0.25, -0.2) is 0 Å². The molecule has 0 radical (unpaired) electrons. The molecule has 1 aliphatic rings. The van der Waals surface area contributed by atoms with Gasteiger partial charge in [0, 0.05) is 43.3 Å². The standard InChI is InChI=1S/C13H17ClN2OS/c14-11-1-3-12(4-2-11)15-6-8-16(9-7-15)13(17)5-10-18/h1-4,18H,5-10H2. The zero-order valence-corrected chi connectivity index (χ0v) is 11.8. The Morgan fingerprint density at radius 3 is 2.33 bits per heavy atom. The first-order valence-electron chi connectivity index (χ1n) is 6.10. The van der Waals surface area contributed by atoms with Crippen LogP contribution < -0.4 is 4.90 Å². The lowest BCUT2D eigenvalue weighted by molar-refractivity contribution is -0.131. The monoisotopic (exact) mass is 284 g/mol. The number of hydrogen-bond donors (Lipinski definition) is 1. The van der Waals surface area contributed by atoms with Gasteiger partial charge < -0.3 is 9.80 Å². The third-order valence-electron chi connectivity index (χ3n) is 3.15. The second-order valence-electron chi connectivity index (χ2n) is 4.32. The molecule has 0 saturated carbocycles. The van der Waals surface area contributed by atoms with Crippen LogP contribution in [0.5, 0.6) is 0 Å². The van der Waals surface area contributed by atoms with Crippen molar-refractivity contribution in [3.05, 3.63) is 29.3 Å². The van der Waals surface area contributed by atoms with Crippen molar-refractivity contribution < 1.29 is 4.79 Å². The lowest BCUT2D eigenvalue weighted by atomic mass is 10.2. The summed E-state index contributed by atoms with van der Waals surface area (Å²) in [6, 6.07) is 7.84. The number of nitrogens with zero attached hydrogens (tertiary/aromatic N) is 2. The smallest absolute Gasteiger partial charge is 0.223 e. The average Bonchev–Trinajstić information content (AvgIpc) is 2.40. The number of halogens is 1. The van der Waals surface area contributed by atoms with E-state index in [1.54, 1.807) is 0 Å². The topological polar surface area (TPSA) is 23.6 Å². The highest BCUT2D eigenvalue weighted by Gasteiger charge is 2.20. The van der Waals surface area contributed by atoms with Gasteiger partial charge in [0.05, 0.1) is 0 Å². The molecule has 1 saturated heterocycles. The van der Waals surface area contributed by atoms with E-state index in [0.717, 1.165) is 31.2 Å². The fourth-order valence-corrected chi connectivity index (χ4v) is 2.44. The Bertz CT molecular complexity index is 402. The lowest BCUT2D eigenvalue weighted by Crippen LogP contribution is -2.48. The highest BCUT2D eigenvalue weighted by Crippen LogP contribution is 2.19. The molecule has 1 amide bonds. The molecule has 1 aromatic rings. The molecular formula is C13H17ClN2OS. The van der Waals surface area contributed by atoms with Crippen LogP contribution in [0.25, 0.3) is 0 Å². The number of amides is 1. The van der Waals surface area contributed by atoms with E-state index in [-0.39, 0.29) is 5.91 Å². The number of rotatable bonds is 3. The zero-order chi connectivity index (χ0) is 13.0. The van der Waals surface area contributed by atoms with E-state index in [1.165, 1.54) is 5.69 Å². The highest BCUT2D eigenvalue weighted by atomic mass is 35.5. The van der Waals surface area contributed by atoms with E-state index in [1.807, 2.05) is 29.2 Å². The summed E-state index contributed by atoms with van der Waals surface area (Å²) in [5.74, 6) is 0.830. The summed E-state index contributed by atoms with van der Waals surface area (Å²) >= 11 is 9.97. The van der Waals surface area contributed by atoms with Crippen LogP contribution in [0.2, 0.25) is 5.02 Å². The summed E-state index contributed by atoms with van der Waals surface area (Å²) in [5.41, 5.74) is 1.17. The molecule has 0 bridgehead atoms. The predicted molar refractivity (Wildman–Crippen MR) is 78.7 cm³/mol. The van der Waals surface area contributed by atoms with Crippen LogP contribution in [0.4, 0.5) is 5.69 Å². The van der Waals surface area contributed by atoms with Gasteiger partial charge in [0.15, 0.2) is 0 Å². The van der Waals surface area contributed by atoms with Crippen LogP contribution in [0.1, 0.15) is 6.42 Å². The summed E-state index contributed by atoms with van der Waals surface area (Å²) in [6.07, 6.45) is 0.532. The van der Waals surface area contributed by atoms with Gasteiger partial charge in [0.25, 0.3) is 0 Å². The molecule has 5 heteroatoms. The van der Waals surface area contributed by atoms with Gasteiger partial charge >= 0.3 is 0 Å². The highest BCUT2D eigenvalue weighted by molar-refractivity contribution is 7.80. The normalized spacial score (nSPS) is 15.9. The molecule has 0 atom stereocenters. The van der Waals surface area contributed by atoms with Gasteiger partial charge in [-0.1, -0.05) is 11.6 Å². The minimum atomic E-state index is 0.209. The van der Waals surface area contributed by atoms with Crippen LogP contribution in [-0.4, -0.2) is 42.7 Å². The molecule has 98 valence electrons. The Morgan fingerprint density at radius 2 is 1.78 bits per heavy atom. The Kier molecular flexibility index (Phi) is 4.78. The van der Waals surface area contributed by atoms with Crippen molar-refractivity contribution in [2.75, 3.05) is 36.8 Å². The molecule has 1 fully saturated rings. The second kappa shape index (κ2) is 6.34. The minimum absolute atomic E-state index is 0.209. The molecule has 0 unspecified atom stereocenters. The number of carbonyl (C=O) groups excluding carboxylic acids is 1. The SMILES string of the molecule is O=C(CCS)N1CCN(c2ccc(Cl)cc2)CC1. The lowest BCUT2D eigenvalue weighted by Gasteiger charge is -2.36. The van der Waals surface area contributed by atoms with Crippen molar-refractivity contribution in [1.29, 1.82) is 0 Å². The maximum absolute atomic E-state index is 11.7. The van der Waals surface area contributed by atoms with Gasteiger partial charge in [-0.2, -0.15) is 12.6 Å². The van der Waals surface area contributed by atoms with Crippen LogP contribution in [0.3, 0.4) is 0 Å². The van der Waals surface area contributed by atoms with Crippen LogP contribution in [0.15, 0.2) is 24.3 Å². The largest absolute Gasteiger partial charge is 0.368 e. The van der Waals surface area contributed by atoms with Crippen molar-refractivity contribution in [2.24, 2.45) is 0 Å². The third kappa shape index (κ3) is 3.33. The summed E-state index contributed by atoms with van der Waals surface area (Å²) in [5, 5.41) is 0.751. The molecule has 0 aliphatic carbocycles. The molecule has 18 heavy (non-hydrogen) atoms. The van der Waals surface area contributed by atoms with Gasteiger partial charge in [-0.15, -0.1) is 0 Å². The molecule has 1 heterocycles. The van der Waals surface area contributed by atoms with Crippen molar-refractivity contribution in [3.8, 4) is 0 Å². The summed E-state index contributed by atoms with van der Waals surface area (Å²) in [6.45, 7) is 3.32. The van der Waals surface area contributed by atoms with Gasteiger partial charge in [0.1, 0.15) is 0 Å². The van der Waals surface area contributed by atoms with Crippen LogP contribution in [-0.2, 0) is 4.79 Å². The fraction of sp³-hybridized carbons (Fsp3) is 0.462. The van der Waals surface area contributed by atoms with E-state index in [4.69, 9.17) is 11.6 Å². The van der Waals surface area contributed by atoms with Crippen molar-refractivity contribution in [2.45, 2.75) is 6.42 Å². The van der Waals surface area contributed by atoms with Crippen LogP contribution >= 0.6 is 24.2 Å². The van der Waals surface area contributed by atoms with Crippen molar-refractivity contribution in [3.63, 3.8) is 0 Å². The third-order valence-corrected chi connectivity index (χ3v) is 3.63. The fourth-order valence-electron chi connectivity index (χ4n) is 2.12. The summed E-state index contributed by atoms with van der Waals surface area (Å²) < 4.78 is 0. The number of anilines is 1. The Labute approximate surface area is 118 Å². The summed E-state index contributed by atoms with van der Waals surface area (Å²) in [7, 11) is 0. The second-order valence-corrected chi connectivity index (χ2v) is 5.20. The van der Waals surface area contributed by atoms with Gasteiger partial charge in [0.2, 0.25) is 5.91 Å². The minimum Gasteiger partial charge on any atom is -0.368 e. The number of carbonyl (C=O) groups is 1. The first-order valence-corrected chi connectivity index (χ1v) is 7.11. The molecular weight excluding hydrogens is 268 g/mol. The Morgan fingerprint density at radius 1 is 1.17 bits per heavy atom. The number of hydrogen-bond acceptors (Lipinski definition) is 3. The quantitative estimate of drug-likeness (QED) is 0.861. The molecule has 0 aromatic heterocycles. The van der Waals surface area contributed by atoms with Crippen molar-refractivity contribution in [1.82, 2.24) is 4.90 Å². The Hall–Kier alpha value is -0.870. The van der Waals surface area contributed by atoms with E-state index in [2.05, 4.69) is 17.5 Å². The number of benzene rings is 1. The van der Waals surface area contributed by atoms with Crippen LogP contribution in [0, 0.1) is 0 Å². The molecule has 2 rings (SSSR count). The molecule has 1 aliphatic heterocycles. The first-order chi connectivity index (χ1) is 8.70. The van der Waals surface area contributed by atoms with E-state index in [0.29, 0.717) is 12.2 Å². The van der Waals surface area contributed by atoms with E-state index < -0.39 is 0 Å². The van der Waals surface area contributed by atoms with Crippen molar-refractivity contribution >= 4 is 35.8 Å². The number of piperazine rings is 1. The first kappa shape index (κ1) is 13.6. The predicted octanol–water partition coefficient (Wildman–Crippen LogP) is 2.31. The molecule has 1 aromatic carbocycles. The Balaban J connectivity index is 1.90. The van der Waals surface area contributed by atoms with E-state index >= 15 is 0 Å². The molecule has 3 nitrogen and oxygen atoms in total. The maximum Gasteiger partial charge on any atom is 0.223 e. The number of thiol groups is 1. The average molecular weight is 285 g/mol. The van der Waals surface area contributed by atoms with E-state index in [9.17, 15) is 4.79 Å².